The summed E-state index contributed by atoms with van der Waals surface area (Å²) in [6.45, 7) is 4.56. The van der Waals surface area contributed by atoms with Gasteiger partial charge in [0, 0.05) is 18.3 Å². The van der Waals surface area contributed by atoms with Crippen LogP contribution in [0.4, 0.5) is 0 Å². The summed E-state index contributed by atoms with van der Waals surface area (Å²) < 4.78 is 0. The zero-order valence-electron chi connectivity index (χ0n) is 14.3. The van der Waals surface area contributed by atoms with Crippen LogP contribution in [-0.4, -0.2) is 28.4 Å². The van der Waals surface area contributed by atoms with Gasteiger partial charge in [-0.2, -0.15) is 0 Å². The molecule has 0 aliphatic heterocycles. The van der Waals surface area contributed by atoms with E-state index in [0.717, 1.165) is 31.4 Å². The number of aromatic nitrogens is 1. The highest BCUT2D eigenvalue weighted by Crippen LogP contribution is 2.25. The number of aromatic amines is 1. The third-order valence-corrected chi connectivity index (χ3v) is 4.77. The minimum absolute atomic E-state index is 0.150. The fourth-order valence-corrected chi connectivity index (χ4v) is 3.53. The van der Waals surface area contributed by atoms with Crippen LogP contribution in [0, 0.1) is 6.92 Å². The van der Waals surface area contributed by atoms with E-state index in [4.69, 9.17) is 0 Å². The van der Waals surface area contributed by atoms with Crippen LogP contribution in [0.3, 0.4) is 0 Å². The quantitative estimate of drug-likeness (QED) is 0.939. The minimum atomic E-state index is -0.294. The predicted octanol–water partition coefficient (Wildman–Crippen LogP) is 3.09. The Labute approximate surface area is 142 Å². The molecule has 1 aromatic heterocycles. The standard InChI is InChI=1S/C20H24N2O2/c1-3-12-22(20(24)18-11-8-14(2)21-19(18)23)17-10-9-15-6-4-5-7-16(15)13-17/h4-8,11,17H,3,9-10,12-13H2,1-2H3,(H,21,23). The second-order valence-corrected chi connectivity index (χ2v) is 6.55. The van der Waals surface area contributed by atoms with Crippen LogP contribution >= 0.6 is 0 Å². The highest BCUT2D eigenvalue weighted by molar-refractivity contribution is 5.94. The average molecular weight is 324 g/mol. The Bertz CT molecular complexity index is 794. The van der Waals surface area contributed by atoms with Crippen molar-refractivity contribution in [1.82, 2.24) is 9.88 Å². The maximum absolute atomic E-state index is 13.0. The molecule has 4 nitrogen and oxygen atoms in total. The average Bonchev–Trinajstić information content (AvgIpc) is 2.59. The van der Waals surface area contributed by atoms with E-state index in [-0.39, 0.29) is 23.1 Å². The minimum Gasteiger partial charge on any atom is -0.335 e. The van der Waals surface area contributed by atoms with Crippen LogP contribution in [-0.2, 0) is 12.8 Å². The Hall–Kier alpha value is -2.36. The number of fused-ring (bicyclic) bond motifs is 1. The normalized spacial score (nSPS) is 16.5. The van der Waals surface area contributed by atoms with Crippen molar-refractivity contribution in [2.45, 2.75) is 45.6 Å². The van der Waals surface area contributed by atoms with Crippen molar-refractivity contribution in [3.63, 3.8) is 0 Å². The van der Waals surface area contributed by atoms with E-state index < -0.39 is 0 Å². The first kappa shape index (κ1) is 16.5. The van der Waals surface area contributed by atoms with Gasteiger partial charge in [0.05, 0.1) is 0 Å². The Kier molecular flexibility index (Phi) is 4.84. The van der Waals surface area contributed by atoms with Gasteiger partial charge in [0.25, 0.3) is 11.5 Å². The molecule has 0 saturated heterocycles. The lowest BCUT2D eigenvalue weighted by Crippen LogP contribution is -2.45. The number of nitrogens with one attached hydrogen (secondary N) is 1. The van der Waals surface area contributed by atoms with Gasteiger partial charge in [-0.05, 0) is 55.9 Å². The van der Waals surface area contributed by atoms with Crippen molar-refractivity contribution in [2.24, 2.45) is 0 Å². The fraction of sp³-hybridized carbons (Fsp3) is 0.400. The van der Waals surface area contributed by atoms with Crippen molar-refractivity contribution >= 4 is 5.91 Å². The van der Waals surface area contributed by atoms with Gasteiger partial charge in [-0.25, -0.2) is 0 Å². The molecule has 1 atom stereocenters. The van der Waals surface area contributed by atoms with E-state index in [2.05, 4.69) is 36.2 Å². The molecule has 0 radical (unpaired) electrons. The Morgan fingerprint density at radius 3 is 2.67 bits per heavy atom. The Morgan fingerprint density at radius 2 is 1.96 bits per heavy atom. The molecule has 1 N–H and O–H groups in total. The van der Waals surface area contributed by atoms with Gasteiger partial charge < -0.3 is 9.88 Å². The second kappa shape index (κ2) is 7.04. The summed E-state index contributed by atoms with van der Waals surface area (Å²) in [7, 11) is 0. The third kappa shape index (κ3) is 3.28. The van der Waals surface area contributed by atoms with Gasteiger partial charge in [-0.15, -0.1) is 0 Å². The monoisotopic (exact) mass is 324 g/mol. The van der Waals surface area contributed by atoms with Crippen LogP contribution < -0.4 is 5.56 Å². The van der Waals surface area contributed by atoms with Crippen molar-refractivity contribution in [1.29, 1.82) is 0 Å². The molecule has 1 unspecified atom stereocenters. The Balaban J connectivity index is 1.87. The molecule has 0 spiro atoms. The largest absolute Gasteiger partial charge is 0.335 e. The van der Waals surface area contributed by atoms with Crippen molar-refractivity contribution in [2.75, 3.05) is 6.54 Å². The maximum Gasteiger partial charge on any atom is 0.260 e. The second-order valence-electron chi connectivity index (χ2n) is 6.55. The summed E-state index contributed by atoms with van der Waals surface area (Å²) in [4.78, 5) is 29.8. The number of aryl methyl sites for hydroxylation is 2. The summed E-state index contributed by atoms with van der Waals surface area (Å²) in [5.41, 5.74) is 3.42. The molecule has 126 valence electrons. The molecule has 1 amide bonds. The van der Waals surface area contributed by atoms with Gasteiger partial charge in [-0.1, -0.05) is 31.2 Å². The molecule has 0 fully saturated rings. The van der Waals surface area contributed by atoms with E-state index in [1.54, 1.807) is 12.1 Å². The van der Waals surface area contributed by atoms with Crippen LogP contribution in [0.15, 0.2) is 41.2 Å². The van der Waals surface area contributed by atoms with Gasteiger partial charge >= 0.3 is 0 Å². The molecule has 2 aromatic rings. The molecule has 4 heteroatoms. The number of hydrogen-bond donors (Lipinski definition) is 1. The van der Waals surface area contributed by atoms with Crippen molar-refractivity contribution in [3.05, 3.63) is 69.1 Å². The zero-order chi connectivity index (χ0) is 17.1. The van der Waals surface area contributed by atoms with Crippen LogP contribution in [0.1, 0.15) is 46.9 Å². The SMILES string of the molecule is CCCN(C(=O)c1ccc(C)[nH]c1=O)C1CCc2ccccc2C1. The number of carbonyl (C=O) groups is 1. The molecule has 1 aliphatic carbocycles. The predicted molar refractivity (Wildman–Crippen MR) is 95.4 cm³/mol. The van der Waals surface area contributed by atoms with Crippen molar-refractivity contribution < 1.29 is 4.79 Å². The number of H-pyrrole nitrogens is 1. The number of carbonyl (C=O) groups excluding carboxylic acids is 1. The number of pyridine rings is 1. The molecule has 0 saturated carbocycles. The molecule has 1 aromatic carbocycles. The molecular weight excluding hydrogens is 300 g/mol. The number of benzene rings is 1. The first-order valence-corrected chi connectivity index (χ1v) is 8.68. The van der Waals surface area contributed by atoms with Gasteiger partial charge in [0.15, 0.2) is 0 Å². The van der Waals surface area contributed by atoms with Crippen LogP contribution in [0.5, 0.6) is 0 Å². The van der Waals surface area contributed by atoms with Gasteiger partial charge in [0.1, 0.15) is 5.56 Å². The summed E-state index contributed by atoms with van der Waals surface area (Å²) in [6.07, 6.45) is 3.68. The lowest BCUT2D eigenvalue weighted by Gasteiger charge is -2.35. The zero-order valence-corrected chi connectivity index (χ0v) is 14.3. The topological polar surface area (TPSA) is 53.2 Å². The van der Waals surface area contributed by atoms with Gasteiger partial charge in [-0.3, -0.25) is 9.59 Å². The summed E-state index contributed by atoms with van der Waals surface area (Å²) in [5, 5.41) is 0. The van der Waals surface area contributed by atoms with E-state index in [1.165, 1.54) is 11.1 Å². The first-order chi connectivity index (χ1) is 11.6. The molecule has 0 bridgehead atoms. The number of rotatable bonds is 4. The number of amides is 1. The highest BCUT2D eigenvalue weighted by Gasteiger charge is 2.28. The van der Waals surface area contributed by atoms with Gasteiger partial charge in [0.2, 0.25) is 0 Å². The molecular formula is C20H24N2O2. The first-order valence-electron chi connectivity index (χ1n) is 8.68. The van der Waals surface area contributed by atoms with Crippen molar-refractivity contribution in [3.8, 4) is 0 Å². The third-order valence-electron chi connectivity index (χ3n) is 4.77. The van der Waals surface area contributed by atoms with E-state index in [0.29, 0.717) is 6.54 Å². The van der Waals surface area contributed by atoms with E-state index >= 15 is 0 Å². The lowest BCUT2D eigenvalue weighted by atomic mass is 9.87. The van der Waals surface area contributed by atoms with E-state index in [1.807, 2.05) is 11.8 Å². The molecule has 3 rings (SSSR count). The van der Waals surface area contributed by atoms with E-state index in [9.17, 15) is 9.59 Å². The van der Waals surface area contributed by atoms with Crippen LogP contribution in [0.25, 0.3) is 0 Å². The Morgan fingerprint density at radius 1 is 1.21 bits per heavy atom. The number of hydrogen-bond acceptors (Lipinski definition) is 2. The molecule has 24 heavy (non-hydrogen) atoms. The summed E-state index contributed by atoms with van der Waals surface area (Å²) in [5.74, 6) is -0.150. The van der Waals surface area contributed by atoms with Crippen LogP contribution in [0.2, 0.25) is 0 Å². The number of nitrogens with zero attached hydrogens (tertiary/aromatic N) is 1. The smallest absolute Gasteiger partial charge is 0.260 e. The maximum atomic E-state index is 13.0. The molecule has 1 heterocycles. The lowest BCUT2D eigenvalue weighted by molar-refractivity contribution is 0.0660. The fourth-order valence-electron chi connectivity index (χ4n) is 3.53. The molecule has 1 aliphatic rings. The summed E-state index contributed by atoms with van der Waals surface area (Å²) >= 11 is 0. The summed E-state index contributed by atoms with van der Waals surface area (Å²) in [6, 6.07) is 12.0. The highest BCUT2D eigenvalue weighted by atomic mass is 16.2.